The van der Waals surface area contributed by atoms with Crippen molar-refractivity contribution in [3.8, 4) is 0 Å². The second kappa shape index (κ2) is 5.62. The molecule has 2 aromatic rings. The molecule has 1 unspecified atom stereocenters. The third kappa shape index (κ3) is 3.01. The molecular formula is C17H19NO2S. The molecule has 0 aliphatic heterocycles. The molecule has 1 atom stereocenters. The van der Waals surface area contributed by atoms with Gasteiger partial charge in [0.1, 0.15) is 0 Å². The summed E-state index contributed by atoms with van der Waals surface area (Å²) in [6.07, 6.45) is 3.43. The Morgan fingerprint density at radius 2 is 1.71 bits per heavy atom. The standard InChI is InChI=1S/C17H19NO2S/c1-13(15-11-10-14-6-5-7-16(14)12-15)18-21(19,20)17-8-3-2-4-9-17/h2-4,8-13,18H,5-7H2,1H3. The van der Waals surface area contributed by atoms with Crippen LogP contribution in [0.15, 0.2) is 53.4 Å². The van der Waals surface area contributed by atoms with Gasteiger partial charge in [-0.25, -0.2) is 13.1 Å². The van der Waals surface area contributed by atoms with Gasteiger partial charge in [0.25, 0.3) is 0 Å². The first kappa shape index (κ1) is 14.3. The number of hydrogen-bond donors (Lipinski definition) is 1. The number of nitrogens with one attached hydrogen (secondary N) is 1. The van der Waals surface area contributed by atoms with Crippen molar-refractivity contribution in [1.82, 2.24) is 4.72 Å². The first-order valence-electron chi connectivity index (χ1n) is 7.25. The van der Waals surface area contributed by atoms with Gasteiger partial charge in [-0.3, -0.25) is 0 Å². The van der Waals surface area contributed by atoms with Crippen molar-refractivity contribution in [2.24, 2.45) is 0 Å². The number of benzene rings is 2. The highest BCUT2D eigenvalue weighted by atomic mass is 32.2. The van der Waals surface area contributed by atoms with E-state index in [-0.39, 0.29) is 6.04 Å². The normalized spacial score (nSPS) is 15.7. The van der Waals surface area contributed by atoms with E-state index in [9.17, 15) is 8.42 Å². The van der Waals surface area contributed by atoms with E-state index in [1.807, 2.05) is 19.1 Å². The highest BCUT2D eigenvalue weighted by Crippen LogP contribution is 2.26. The quantitative estimate of drug-likeness (QED) is 0.942. The largest absolute Gasteiger partial charge is 0.241 e. The van der Waals surface area contributed by atoms with E-state index < -0.39 is 10.0 Å². The molecule has 0 aromatic heterocycles. The average Bonchev–Trinajstić information content (AvgIpc) is 2.95. The Morgan fingerprint density at radius 1 is 1.00 bits per heavy atom. The monoisotopic (exact) mass is 301 g/mol. The fourth-order valence-electron chi connectivity index (χ4n) is 2.83. The summed E-state index contributed by atoms with van der Waals surface area (Å²) in [4.78, 5) is 0.304. The molecule has 0 saturated heterocycles. The third-order valence-corrected chi connectivity index (χ3v) is 5.56. The molecule has 2 aromatic carbocycles. The maximum atomic E-state index is 12.3. The SMILES string of the molecule is CC(NS(=O)(=O)c1ccccc1)c1ccc2c(c1)CCC2. The van der Waals surface area contributed by atoms with Crippen LogP contribution in [0.1, 0.15) is 36.1 Å². The van der Waals surface area contributed by atoms with Crippen molar-refractivity contribution in [2.75, 3.05) is 0 Å². The van der Waals surface area contributed by atoms with E-state index in [1.165, 1.54) is 17.5 Å². The van der Waals surface area contributed by atoms with E-state index >= 15 is 0 Å². The number of aryl methyl sites for hydroxylation is 2. The summed E-state index contributed by atoms with van der Waals surface area (Å²) in [5, 5.41) is 0. The van der Waals surface area contributed by atoms with Crippen LogP contribution in [-0.2, 0) is 22.9 Å². The van der Waals surface area contributed by atoms with Crippen molar-refractivity contribution in [3.05, 3.63) is 65.2 Å². The van der Waals surface area contributed by atoms with Gasteiger partial charge in [-0.05, 0) is 55.0 Å². The van der Waals surface area contributed by atoms with Crippen molar-refractivity contribution >= 4 is 10.0 Å². The molecule has 110 valence electrons. The van der Waals surface area contributed by atoms with Gasteiger partial charge >= 0.3 is 0 Å². The molecule has 3 nitrogen and oxygen atoms in total. The lowest BCUT2D eigenvalue weighted by atomic mass is 10.0. The second-order valence-corrected chi connectivity index (χ2v) is 7.25. The molecule has 1 aliphatic carbocycles. The molecule has 1 aliphatic rings. The minimum atomic E-state index is -3.47. The maximum Gasteiger partial charge on any atom is 0.241 e. The van der Waals surface area contributed by atoms with E-state index in [2.05, 4.69) is 16.9 Å². The predicted octanol–water partition coefficient (Wildman–Crippen LogP) is 3.21. The smallest absolute Gasteiger partial charge is 0.207 e. The molecule has 0 heterocycles. The predicted molar refractivity (Wildman–Crippen MR) is 83.6 cm³/mol. The van der Waals surface area contributed by atoms with Crippen LogP contribution in [0.4, 0.5) is 0 Å². The molecule has 0 radical (unpaired) electrons. The summed E-state index contributed by atoms with van der Waals surface area (Å²) < 4.78 is 27.4. The van der Waals surface area contributed by atoms with Gasteiger partial charge < -0.3 is 0 Å². The molecule has 0 saturated carbocycles. The summed E-state index contributed by atoms with van der Waals surface area (Å²) in [5.41, 5.74) is 3.78. The summed E-state index contributed by atoms with van der Waals surface area (Å²) >= 11 is 0. The van der Waals surface area contributed by atoms with Gasteiger partial charge in [0, 0.05) is 6.04 Å². The Bertz CT molecular complexity index is 739. The van der Waals surface area contributed by atoms with Crippen LogP contribution < -0.4 is 4.72 Å². The zero-order chi connectivity index (χ0) is 14.9. The van der Waals surface area contributed by atoms with E-state index in [0.29, 0.717) is 4.90 Å². The van der Waals surface area contributed by atoms with Gasteiger partial charge in [-0.2, -0.15) is 0 Å². The lowest BCUT2D eigenvalue weighted by Gasteiger charge is -2.16. The van der Waals surface area contributed by atoms with Crippen LogP contribution in [0.3, 0.4) is 0 Å². The topological polar surface area (TPSA) is 46.2 Å². The number of sulfonamides is 1. The first-order valence-corrected chi connectivity index (χ1v) is 8.74. The van der Waals surface area contributed by atoms with Crippen LogP contribution in [0.25, 0.3) is 0 Å². The summed E-state index contributed by atoms with van der Waals surface area (Å²) in [6.45, 7) is 1.89. The molecule has 3 rings (SSSR count). The lowest BCUT2D eigenvalue weighted by molar-refractivity contribution is 0.567. The third-order valence-electron chi connectivity index (χ3n) is 4.01. The van der Waals surface area contributed by atoms with Crippen molar-refractivity contribution in [1.29, 1.82) is 0 Å². The van der Waals surface area contributed by atoms with Gasteiger partial charge in [0.2, 0.25) is 10.0 Å². The Labute approximate surface area is 126 Å². The Balaban J connectivity index is 1.82. The van der Waals surface area contributed by atoms with Crippen LogP contribution in [-0.4, -0.2) is 8.42 Å². The zero-order valence-corrected chi connectivity index (χ0v) is 12.9. The summed E-state index contributed by atoms with van der Waals surface area (Å²) in [5.74, 6) is 0. The maximum absolute atomic E-state index is 12.3. The molecule has 0 bridgehead atoms. The fraction of sp³-hybridized carbons (Fsp3) is 0.294. The number of hydrogen-bond acceptors (Lipinski definition) is 2. The van der Waals surface area contributed by atoms with Crippen molar-refractivity contribution in [3.63, 3.8) is 0 Å². The first-order chi connectivity index (χ1) is 10.1. The summed E-state index contributed by atoms with van der Waals surface area (Å²) in [6, 6.07) is 14.6. The lowest BCUT2D eigenvalue weighted by Crippen LogP contribution is -2.26. The van der Waals surface area contributed by atoms with Gasteiger partial charge in [0.05, 0.1) is 4.90 Å². The Kier molecular flexibility index (Phi) is 3.83. The molecule has 21 heavy (non-hydrogen) atoms. The van der Waals surface area contributed by atoms with Crippen molar-refractivity contribution in [2.45, 2.75) is 37.1 Å². The Morgan fingerprint density at radius 3 is 2.48 bits per heavy atom. The van der Waals surface area contributed by atoms with E-state index in [0.717, 1.165) is 18.4 Å². The number of fused-ring (bicyclic) bond motifs is 1. The average molecular weight is 301 g/mol. The highest BCUT2D eigenvalue weighted by Gasteiger charge is 2.19. The van der Waals surface area contributed by atoms with Crippen LogP contribution in [0.2, 0.25) is 0 Å². The molecule has 1 N–H and O–H groups in total. The van der Waals surface area contributed by atoms with Crippen LogP contribution in [0, 0.1) is 0 Å². The Hall–Kier alpha value is -1.65. The van der Waals surface area contributed by atoms with Gasteiger partial charge in [0.15, 0.2) is 0 Å². The zero-order valence-electron chi connectivity index (χ0n) is 12.0. The van der Waals surface area contributed by atoms with Crippen LogP contribution >= 0.6 is 0 Å². The molecular weight excluding hydrogens is 282 g/mol. The van der Waals surface area contributed by atoms with Gasteiger partial charge in [-0.15, -0.1) is 0 Å². The highest BCUT2D eigenvalue weighted by molar-refractivity contribution is 7.89. The minimum absolute atomic E-state index is 0.235. The van der Waals surface area contributed by atoms with Gasteiger partial charge in [-0.1, -0.05) is 36.4 Å². The molecule has 0 spiro atoms. The molecule has 0 amide bonds. The second-order valence-electron chi connectivity index (χ2n) is 5.54. The molecule has 4 heteroatoms. The fourth-order valence-corrected chi connectivity index (χ4v) is 4.08. The van der Waals surface area contributed by atoms with E-state index in [1.54, 1.807) is 24.3 Å². The minimum Gasteiger partial charge on any atom is -0.207 e. The number of rotatable bonds is 4. The van der Waals surface area contributed by atoms with Crippen molar-refractivity contribution < 1.29 is 8.42 Å². The van der Waals surface area contributed by atoms with E-state index in [4.69, 9.17) is 0 Å². The summed E-state index contributed by atoms with van der Waals surface area (Å²) in [7, 11) is -3.47. The van der Waals surface area contributed by atoms with Crippen LogP contribution in [0.5, 0.6) is 0 Å². The molecule has 0 fully saturated rings.